The van der Waals surface area contributed by atoms with Crippen LogP contribution in [0.2, 0.25) is 0 Å². The van der Waals surface area contributed by atoms with E-state index in [0.29, 0.717) is 24.4 Å². The second kappa shape index (κ2) is 3.44. The molecule has 88 valence electrons. The first kappa shape index (κ1) is 10.1. The summed E-state index contributed by atoms with van der Waals surface area (Å²) in [5.74, 6) is 0.285. The molecule has 0 saturated heterocycles. The maximum absolute atomic E-state index is 10.9. The number of carboxylic acid groups (broad SMARTS) is 1. The maximum Gasteiger partial charge on any atom is 0.308 e. The standard InChI is InChI=1S/C11H11N3O3/c1-6-2-9(17-13-6)8-5-14-4-7(11(15)16)3-10(14)12-8/h2,5,7H,3-4H2,1H3,(H,15,16). The number of carboxylic acids is 1. The number of aryl methyl sites for hydroxylation is 1. The van der Waals surface area contributed by atoms with Gasteiger partial charge >= 0.3 is 5.97 Å². The van der Waals surface area contributed by atoms with Crippen LogP contribution in [0.3, 0.4) is 0 Å². The molecule has 0 radical (unpaired) electrons. The van der Waals surface area contributed by atoms with E-state index in [9.17, 15) is 4.79 Å². The summed E-state index contributed by atoms with van der Waals surface area (Å²) in [6.45, 7) is 2.32. The van der Waals surface area contributed by atoms with Gasteiger partial charge in [0.2, 0.25) is 0 Å². The molecule has 0 amide bonds. The van der Waals surface area contributed by atoms with Crippen LogP contribution < -0.4 is 0 Å². The minimum absolute atomic E-state index is 0.358. The van der Waals surface area contributed by atoms with Crippen LogP contribution in [0, 0.1) is 12.8 Å². The third-order valence-electron chi connectivity index (χ3n) is 2.93. The number of rotatable bonds is 2. The van der Waals surface area contributed by atoms with Crippen molar-refractivity contribution in [2.24, 2.45) is 5.92 Å². The van der Waals surface area contributed by atoms with Crippen molar-refractivity contribution >= 4 is 5.97 Å². The Bertz CT molecular complexity index is 561. The first-order chi connectivity index (χ1) is 8.13. The molecule has 0 aliphatic carbocycles. The molecular formula is C11H11N3O3. The van der Waals surface area contributed by atoms with Crippen LogP contribution in [-0.2, 0) is 17.8 Å². The first-order valence-corrected chi connectivity index (χ1v) is 5.36. The number of hydrogen-bond acceptors (Lipinski definition) is 4. The molecule has 0 aromatic carbocycles. The normalized spacial score (nSPS) is 18.3. The summed E-state index contributed by atoms with van der Waals surface area (Å²) in [5, 5.41) is 12.7. The van der Waals surface area contributed by atoms with Gasteiger partial charge in [0.05, 0.1) is 11.6 Å². The van der Waals surface area contributed by atoms with Crippen LogP contribution >= 0.6 is 0 Å². The Morgan fingerprint density at radius 2 is 2.47 bits per heavy atom. The minimum atomic E-state index is -0.771. The van der Waals surface area contributed by atoms with Crippen LogP contribution in [0.1, 0.15) is 11.5 Å². The topological polar surface area (TPSA) is 81.2 Å². The molecule has 2 aromatic heterocycles. The Hall–Kier alpha value is -2.11. The number of nitrogens with zero attached hydrogens (tertiary/aromatic N) is 3. The number of carbonyl (C=O) groups is 1. The van der Waals surface area contributed by atoms with E-state index in [4.69, 9.17) is 9.63 Å². The van der Waals surface area contributed by atoms with Crippen molar-refractivity contribution in [1.82, 2.24) is 14.7 Å². The third-order valence-corrected chi connectivity index (χ3v) is 2.93. The van der Waals surface area contributed by atoms with Gasteiger partial charge in [-0.05, 0) is 6.92 Å². The Morgan fingerprint density at radius 1 is 1.65 bits per heavy atom. The fraction of sp³-hybridized carbons (Fsp3) is 0.364. The molecule has 6 heteroatoms. The van der Waals surface area contributed by atoms with Gasteiger partial charge in [-0.3, -0.25) is 4.79 Å². The Kier molecular flexibility index (Phi) is 2.04. The highest BCUT2D eigenvalue weighted by Crippen LogP contribution is 2.26. The second-order valence-electron chi connectivity index (χ2n) is 4.27. The quantitative estimate of drug-likeness (QED) is 0.840. The zero-order valence-corrected chi connectivity index (χ0v) is 9.25. The summed E-state index contributed by atoms with van der Waals surface area (Å²) in [4.78, 5) is 15.2. The molecule has 1 unspecified atom stereocenters. The average molecular weight is 233 g/mol. The predicted octanol–water partition coefficient (Wildman–Crippen LogP) is 1.10. The second-order valence-corrected chi connectivity index (χ2v) is 4.27. The van der Waals surface area contributed by atoms with E-state index in [2.05, 4.69) is 10.1 Å². The van der Waals surface area contributed by atoms with Crippen LogP contribution in [0.15, 0.2) is 16.8 Å². The lowest BCUT2D eigenvalue weighted by Crippen LogP contribution is -2.14. The van der Waals surface area contributed by atoms with Gasteiger partial charge in [-0.15, -0.1) is 0 Å². The van der Waals surface area contributed by atoms with Gasteiger partial charge < -0.3 is 14.2 Å². The van der Waals surface area contributed by atoms with E-state index in [0.717, 1.165) is 11.5 Å². The Labute approximate surface area is 96.9 Å². The number of fused-ring (bicyclic) bond motifs is 1. The van der Waals surface area contributed by atoms with Crippen molar-refractivity contribution in [3.05, 3.63) is 23.8 Å². The lowest BCUT2D eigenvalue weighted by atomic mass is 10.1. The maximum atomic E-state index is 10.9. The summed E-state index contributed by atoms with van der Waals surface area (Å²) in [6, 6.07) is 1.81. The van der Waals surface area contributed by atoms with Crippen molar-refractivity contribution in [2.45, 2.75) is 19.9 Å². The van der Waals surface area contributed by atoms with Crippen LogP contribution in [-0.4, -0.2) is 25.8 Å². The minimum Gasteiger partial charge on any atom is -0.481 e. The van der Waals surface area contributed by atoms with Gasteiger partial charge in [0.1, 0.15) is 11.5 Å². The van der Waals surface area contributed by atoms with Gasteiger partial charge in [0.25, 0.3) is 0 Å². The van der Waals surface area contributed by atoms with Gasteiger partial charge in [-0.25, -0.2) is 4.98 Å². The molecule has 0 bridgehead atoms. The molecule has 6 nitrogen and oxygen atoms in total. The van der Waals surface area contributed by atoms with Crippen LogP contribution in [0.5, 0.6) is 0 Å². The summed E-state index contributed by atoms with van der Waals surface area (Å²) in [6.07, 6.45) is 2.29. The van der Waals surface area contributed by atoms with E-state index in [1.54, 1.807) is 0 Å². The van der Waals surface area contributed by atoms with Crippen molar-refractivity contribution < 1.29 is 14.4 Å². The Balaban J connectivity index is 1.89. The first-order valence-electron chi connectivity index (χ1n) is 5.36. The molecule has 2 aromatic rings. The van der Waals surface area contributed by atoms with Crippen molar-refractivity contribution in [3.63, 3.8) is 0 Å². The van der Waals surface area contributed by atoms with E-state index in [1.807, 2.05) is 23.8 Å². The van der Waals surface area contributed by atoms with Gasteiger partial charge in [-0.2, -0.15) is 0 Å². The summed E-state index contributed by atoms with van der Waals surface area (Å²) in [5.41, 5.74) is 1.51. The number of hydrogen-bond donors (Lipinski definition) is 1. The fourth-order valence-corrected chi connectivity index (χ4v) is 2.07. The Morgan fingerprint density at radius 3 is 3.06 bits per heavy atom. The van der Waals surface area contributed by atoms with E-state index in [1.165, 1.54) is 0 Å². The summed E-state index contributed by atoms with van der Waals surface area (Å²) in [7, 11) is 0. The van der Waals surface area contributed by atoms with Crippen LogP contribution in [0.4, 0.5) is 0 Å². The zero-order valence-electron chi connectivity index (χ0n) is 9.25. The fourth-order valence-electron chi connectivity index (χ4n) is 2.07. The molecule has 0 spiro atoms. The third kappa shape index (κ3) is 1.61. The molecule has 1 aliphatic heterocycles. The van der Waals surface area contributed by atoms with Gasteiger partial charge in [0, 0.05) is 25.2 Å². The molecule has 3 heterocycles. The number of aliphatic carboxylic acids is 1. The molecule has 3 rings (SSSR count). The lowest BCUT2D eigenvalue weighted by Gasteiger charge is -2.00. The zero-order chi connectivity index (χ0) is 12.0. The van der Waals surface area contributed by atoms with Crippen molar-refractivity contribution in [1.29, 1.82) is 0 Å². The highest BCUT2D eigenvalue weighted by Gasteiger charge is 2.29. The molecule has 0 saturated carbocycles. The van der Waals surface area contributed by atoms with E-state index in [-0.39, 0.29) is 5.92 Å². The monoisotopic (exact) mass is 233 g/mol. The summed E-state index contributed by atoms with van der Waals surface area (Å²) >= 11 is 0. The molecule has 17 heavy (non-hydrogen) atoms. The highest BCUT2D eigenvalue weighted by molar-refractivity contribution is 5.71. The van der Waals surface area contributed by atoms with E-state index < -0.39 is 5.97 Å². The van der Waals surface area contributed by atoms with Gasteiger partial charge in [-0.1, -0.05) is 5.16 Å². The van der Waals surface area contributed by atoms with Crippen molar-refractivity contribution in [3.8, 4) is 11.5 Å². The molecule has 1 aliphatic rings. The molecule has 0 fully saturated rings. The smallest absolute Gasteiger partial charge is 0.308 e. The predicted molar refractivity (Wildman–Crippen MR) is 57.3 cm³/mol. The van der Waals surface area contributed by atoms with Crippen LogP contribution in [0.25, 0.3) is 11.5 Å². The average Bonchev–Trinajstić information content (AvgIpc) is 2.88. The number of aromatic nitrogens is 3. The SMILES string of the molecule is Cc1cc(-c2cn3c(n2)CC(C(=O)O)C3)on1. The van der Waals surface area contributed by atoms with E-state index >= 15 is 0 Å². The van der Waals surface area contributed by atoms with Crippen molar-refractivity contribution in [2.75, 3.05) is 0 Å². The van der Waals surface area contributed by atoms with Gasteiger partial charge in [0.15, 0.2) is 5.76 Å². The molecule has 1 atom stereocenters. The molecule has 1 N–H and O–H groups in total. The largest absolute Gasteiger partial charge is 0.481 e. The number of imidazole rings is 1. The summed E-state index contributed by atoms with van der Waals surface area (Å²) < 4.78 is 6.99. The highest BCUT2D eigenvalue weighted by atomic mass is 16.5. The molecular weight excluding hydrogens is 222 g/mol. The lowest BCUT2D eigenvalue weighted by molar-refractivity contribution is -0.141.